The molecule has 1 aliphatic heterocycles. The van der Waals surface area contributed by atoms with Gasteiger partial charge in [0, 0.05) is 36.1 Å². The van der Waals surface area contributed by atoms with Crippen LogP contribution in [0.1, 0.15) is 40.0 Å². The predicted octanol–water partition coefficient (Wildman–Crippen LogP) is 5.74. The van der Waals surface area contributed by atoms with Gasteiger partial charge in [-0.1, -0.05) is 26.0 Å². The second-order valence-electron chi connectivity index (χ2n) is 6.20. The quantitative estimate of drug-likeness (QED) is 0.653. The molecule has 0 fully saturated rings. The summed E-state index contributed by atoms with van der Waals surface area (Å²) in [7, 11) is 1.94. The molecular formula is C20H24F3N3. The SMILES string of the molecule is C=C(N=C1/C(=C\C)C(C)=C(CCCC)N1C)Nc1cc(F)c(F)c(F)c1. The fraction of sp³-hybridized carbons (Fsp3) is 0.350. The van der Waals surface area contributed by atoms with Gasteiger partial charge in [-0.15, -0.1) is 0 Å². The fourth-order valence-corrected chi connectivity index (χ4v) is 3.01. The van der Waals surface area contributed by atoms with Crippen LogP contribution >= 0.6 is 0 Å². The van der Waals surface area contributed by atoms with Crippen LogP contribution in [0.5, 0.6) is 0 Å². The lowest BCUT2D eigenvalue weighted by Crippen LogP contribution is -2.22. The van der Waals surface area contributed by atoms with E-state index in [1.807, 2.05) is 24.9 Å². The summed E-state index contributed by atoms with van der Waals surface area (Å²) >= 11 is 0. The van der Waals surface area contributed by atoms with Crippen molar-refractivity contribution in [3.63, 3.8) is 0 Å². The second kappa shape index (κ2) is 8.25. The lowest BCUT2D eigenvalue weighted by Gasteiger charge is -2.18. The smallest absolute Gasteiger partial charge is 0.194 e. The maximum Gasteiger partial charge on any atom is 0.194 e. The van der Waals surface area contributed by atoms with Crippen molar-refractivity contribution in [2.24, 2.45) is 4.99 Å². The van der Waals surface area contributed by atoms with Gasteiger partial charge in [-0.05, 0) is 32.3 Å². The van der Waals surface area contributed by atoms with Gasteiger partial charge < -0.3 is 10.2 Å². The molecule has 6 heteroatoms. The number of unbranched alkanes of at least 4 members (excludes halogenated alkanes) is 1. The van der Waals surface area contributed by atoms with Gasteiger partial charge in [0.1, 0.15) is 11.7 Å². The molecule has 0 saturated carbocycles. The van der Waals surface area contributed by atoms with Gasteiger partial charge in [0.15, 0.2) is 17.5 Å². The van der Waals surface area contributed by atoms with E-state index in [0.717, 1.165) is 48.4 Å². The third-order valence-corrected chi connectivity index (χ3v) is 4.37. The highest BCUT2D eigenvalue weighted by Crippen LogP contribution is 2.32. The van der Waals surface area contributed by atoms with Crippen molar-refractivity contribution in [1.82, 2.24) is 4.90 Å². The Balaban J connectivity index is 2.24. The summed E-state index contributed by atoms with van der Waals surface area (Å²) in [6.45, 7) is 9.94. The average Bonchev–Trinajstić information content (AvgIpc) is 2.80. The molecule has 3 nitrogen and oxygen atoms in total. The van der Waals surface area contributed by atoms with E-state index in [1.54, 1.807) is 0 Å². The number of anilines is 1. The molecule has 1 aromatic rings. The lowest BCUT2D eigenvalue weighted by atomic mass is 10.1. The van der Waals surface area contributed by atoms with E-state index in [9.17, 15) is 13.2 Å². The molecule has 1 N–H and O–H groups in total. The van der Waals surface area contributed by atoms with Gasteiger partial charge in [0.2, 0.25) is 0 Å². The number of hydrogen-bond acceptors (Lipinski definition) is 2. The fourth-order valence-electron chi connectivity index (χ4n) is 3.01. The zero-order valence-electron chi connectivity index (χ0n) is 15.6. The van der Waals surface area contributed by atoms with Crippen LogP contribution in [0.3, 0.4) is 0 Å². The van der Waals surface area contributed by atoms with Gasteiger partial charge in [-0.3, -0.25) is 0 Å². The Morgan fingerprint density at radius 3 is 2.42 bits per heavy atom. The minimum absolute atomic E-state index is 0.0503. The van der Waals surface area contributed by atoms with Crippen LogP contribution in [0.15, 0.2) is 52.4 Å². The number of amidine groups is 1. The molecule has 0 spiro atoms. The van der Waals surface area contributed by atoms with Crippen LogP contribution in [0.2, 0.25) is 0 Å². The number of nitrogens with one attached hydrogen (secondary N) is 1. The standard InChI is InChI=1S/C20H24F3N3/c1-6-8-9-18-12(3)15(7-2)20(26(18)5)25-13(4)24-14-10-16(21)19(23)17(22)11-14/h7,10-11,24H,4,6,8-9H2,1-3,5H3/b15-7-,25-20?. The van der Waals surface area contributed by atoms with Gasteiger partial charge in [-0.25, -0.2) is 18.2 Å². The summed E-state index contributed by atoms with van der Waals surface area (Å²) in [5.74, 6) is -3.10. The van der Waals surface area contributed by atoms with Crippen molar-refractivity contribution in [3.05, 3.63) is 64.9 Å². The normalized spacial score (nSPS) is 17.6. The first-order valence-electron chi connectivity index (χ1n) is 8.59. The Morgan fingerprint density at radius 2 is 1.88 bits per heavy atom. The monoisotopic (exact) mass is 363 g/mol. The van der Waals surface area contributed by atoms with Crippen LogP contribution in [0.4, 0.5) is 18.9 Å². The summed E-state index contributed by atoms with van der Waals surface area (Å²) in [5, 5.41) is 2.71. The number of nitrogens with zero attached hydrogens (tertiary/aromatic N) is 2. The van der Waals surface area contributed by atoms with E-state index in [4.69, 9.17) is 0 Å². The highest BCUT2D eigenvalue weighted by Gasteiger charge is 2.27. The topological polar surface area (TPSA) is 27.6 Å². The van der Waals surface area contributed by atoms with E-state index in [0.29, 0.717) is 0 Å². The van der Waals surface area contributed by atoms with Crippen molar-refractivity contribution in [2.45, 2.75) is 40.0 Å². The zero-order chi connectivity index (χ0) is 19.4. The van der Waals surface area contributed by atoms with E-state index >= 15 is 0 Å². The molecule has 0 aliphatic carbocycles. The molecule has 1 aliphatic rings. The maximum absolute atomic E-state index is 13.4. The summed E-state index contributed by atoms with van der Waals surface area (Å²) in [6.07, 6.45) is 5.10. The van der Waals surface area contributed by atoms with Crippen LogP contribution in [-0.4, -0.2) is 17.8 Å². The highest BCUT2D eigenvalue weighted by atomic mass is 19.2. The molecule has 26 heavy (non-hydrogen) atoms. The molecule has 0 bridgehead atoms. The molecular weight excluding hydrogens is 339 g/mol. The molecule has 0 atom stereocenters. The number of aliphatic imine (C=N–C) groups is 1. The number of hydrogen-bond donors (Lipinski definition) is 1. The average molecular weight is 363 g/mol. The van der Waals surface area contributed by atoms with Gasteiger partial charge in [-0.2, -0.15) is 0 Å². The molecule has 0 radical (unpaired) electrons. The van der Waals surface area contributed by atoms with Gasteiger partial charge in [0.25, 0.3) is 0 Å². The number of likely N-dealkylation sites (N-methyl/N-ethyl adjacent to an activating group) is 1. The van der Waals surface area contributed by atoms with Gasteiger partial charge in [0.05, 0.1) is 0 Å². The lowest BCUT2D eigenvalue weighted by molar-refractivity contribution is 0.448. The molecule has 140 valence electrons. The summed E-state index contributed by atoms with van der Waals surface area (Å²) in [5.41, 5.74) is 3.41. The predicted molar refractivity (Wildman–Crippen MR) is 100 cm³/mol. The maximum atomic E-state index is 13.4. The molecule has 0 saturated heterocycles. The van der Waals surface area contributed by atoms with Crippen LogP contribution in [-0.2, 0) is 0 Å². The van der Waals surface area contributed by atoms with Crippen molar-refractivity contribution in [3.8, 4) is 0 Å². The molecule has 0 aromatic heterocycles. The Hall–Kier alpha value is -2.50. The van der Waals surface area contributed by atoms with Crippen LogP contribution < -0.4 is 5.32 Å². The second-order valence-corrected chi connectivity index (χ2v) is 6.20. The molecule has 1 aromatic carbocycles. The van der Waals surface area contributed by atoms with Crippen LogP contribution in [0, 0.1) is 17.5 Å². The zero-order valence-corrected chi connectivity index (χ0v) is 15.6. The molecule has 1 heterocycles. The third kappa shape index (κ3) is 4.00. The third-order valence-electron chi connectivity index (χ3n) is 4.37. The van der Waals surface area contributed by atoms with E-state index in [1.165, 1.54) is 5.70 Å². The number of benzene rings is 1. The molecule has 0 amide bonds. The summed E-state index contributed by atoms with van der Waals surface area (Å²) < 4.78 is 39.8. The number of rotatable bonds is 6. The summed E-state index contributed by atoms with van der Waals surface area (Å²) in [4.78, 5) is 6.50. The first kappa shape index (κ1) is 19.8. The van der Waals surface area contributed by atoms with Crippen molar-refractivity contribution in [2.75, 3.05) is 12.4 Å². The number of halogens is 3. The highest BCUT2D eigenvalue weighted by molar-refractivity contribution is 6.06. The summed E-state index contributed by atoms with van der Waals surface area (Å²) in [6, 6.07) is 1.74. The first-order chi connectivity index (χ1) is 12.3. The van der Waals surface area contributed by atoms with E-state index in [2.05, 4.69) is 30.7 Å². The Bertz CT molecular complexity index is 784. The van der Waals surface area contributed by atoms with E-state index < -0.39 is 17.5 Å². The van der Waals surface area contributed by atoms with E-state index in [-0.39, 0.29) is 11.5 Å². The minimum atomic E-state index is -1.50. The van der Waals surface area contributed by atoms with Crippen LogP contribution in [0.25, 0.3) is 0 Å². The largest absolute Gasteiger partial charge is 0.340 e. The Kier molecular flexibility index (Phi) is 6.29. The minimum Gasteiger partial charge on any atom is -0.340 e. The van der Waals surface area contributed by atoms with Crippen molar-refractivity contribution < 1.29 is 13.2 Å². The van der Waals surface area contributed by atoms with Crippen molar-refractivity contribution in [1.29, 1.82) is 0 Å². The van der Waals surface area contributed by atoms with Gasteiger partial charge >= 0.3 is 0 Å². The van der Waals surface area contributed by atoms with Crippen molar-refractivity contribution >= 4 is 11.5 Å². The Morgan fingerprint density at radius 1 is 1.27 bits per heavy atom. The molecule has 0 unspecified atom stereocenters. The number of allylic oxidation sites excluding steroid dienone is 2. The first-order valence-corrected chi connectivity index (χ1v) is 8.59. The molecule has 2 rings (SSSR count). The Labute approximate surface area is 152 Å².